The van der Waals surface area contributed by atoms with E-state index in [-0.39, 0.29) is 5.92 Å². The zero-order valence-electron chi connectivity index (χ0n) is 19.4. The molecule has 0 saturated carbocycles. The van der Waals surface area contributed by atoms with Crippen LogP contribution >= 0.6 is 0 Å². The largest absolute Gasteiger partial charge is 0.481 e. The summed E-state index contributed by atoms with van der Waals surface area (Å²) in [5, 5.41) is 9.46. The van der Waals surface area contributed by atoms with Gasteiger partial charge in [0.1, 0.15) is 0 Å². The number of rotatable bonds is 20. The van der Waals surface area contributed by atoms with Gasteiger partial charge in [0.15, 0.2) is 5.79 Å². The smallest absolute Gasteiger partial charge is 0.306 e. The quantitative estimate of drug-likeness (QED) is 0.210. The number of unbranched alkanes of at least 4 members (excludes halogenated alkanes) is 15. The molecule has 1 aliphatic rings. The van der Waals surface area contributed by atoms with Crippen LogP contribution < -0.4 is 0 Å². The van der Waals surface area contributed by atoms with Crippen LogP contribution in [0.15, 0.2) is 0 Å². The van der Waals surface area contributed by atoms with Crippen molar-refractivity contribution in [3.8, 4) is 0 Å². The fourth-order valence-corrected chi connectivity index (χ4v) is 4.37. The lowest BCUT2D eigenvalue weighted by atomic mass is 9.93. The van der Waals surface area contributed by atoms with Gasteiger partial charge in [0, 0.05) is 6.42 Å². The van der Waals surface area contributed by atoms with Crippen LogP contribution in [0.1, 0.15) is 129 Å². The molecule has 1 N–H and O–H groups in total. The van der Waals surface area contributed by atoms with Crippen LogP contribution in [0, 0.1) is 5.92 Å². The molecule has 0 aliphatic carbocycles. The summed E-state index contributed by atoms with van der Waals surface area (Å²) in [6, 6.07) is 0. The number of aliphatic carboxylic acids is 1. The Morgan fingerprint density at radius 3 is 1.52 bits per heavy atom. The Morgan fingerprint density at radius 1 is 0.759 bits per heavy atom. The van der Waals surface area contributed by atoms with Gasteiger partial charge in [-0.2, -0.15) is 0 Å². The lowest BCUT2D eigenvalue weighted by molar-refractivity contribution is -0.168. The summed E-state index contributed by atoms with van der Waals surface area (Å²) in [5.41, 5.74) is 0. The van der Waals surface area contributed by atoms with Crippen molar-refractivity contribution in [1.82, 2.24) is 0 Å². The van der Waals surface area contributed by atoms with Gasteiger partial charge in [-0.25, -0.2) is 0 Å². The van der Waals surface area contributed by atoms with Gasteiger partial charge in [-0.15, -0.1) is 0 Å². The number of carbonyl (C=O) groups is 1. The first-order chi connectivity index (χ1) is 14.1. The summed E-state index contributed by atoms with van der Waals surface area (Å²) in [4.78, 5) is 11.5. The minimum absolute atomic E-state index is 0.357. The number of ether oxygens (including phenoxy) is 2. The second-order valence-corrected chi connectivity index (χ2v) is 9.16. The van der Waals surface area contributed by atoms with Crippen molar-refractivity contribution in [2.75, 3.05) is 13.2 Å². The Balaban J connectivity index is 1.87. The maximum atomic E-state index is 11.5. The van der Waals surface area contributed by atoms with Crippen molar-refractivity contribution in [3.05, 3.63) is 0 Å². The van der Waals surface area contributed by atoms with E-state index in [1.54, 1.807) is 0 Å². The second-order valence-electron chi connectivity index (χ2n) is 9.16. The summed E-state index contributed by atoms with van der Waals surface area (Å²) in [7, 11) is 0. The van der Waals surface area contributed by atoms with E-state index in [0.29, 0.717) is 19.6 Å². The summed E-state index contributed by atoms with van der Waals surface area (Å²) in [6.45, 7) is 5.28. The Kier molecular flexibility index (Phi) is 15.6. The van der Waals surface area contributed by atoms with Crippen molar-refractivity contribution < 1.29 is 19.4 Å². The standard InChI is InChI=1S/C25H48O4/c1-3-4-5-6-7-8-9-10-11-12-13-14-15-16-17-18-19-23(24(26)27)22-25(2)28-20-21-29-25/h23H,3-22H2,1-2H3,(H,26,27). The molecular formula is C25H48O4. The van der Waals surface area contributed by atoms with Gasteiger partial charge in [-0.1, -0.05) is 110 Å². The van der Waals surface area contributed by atoms with Gasteiger partial charge in [-0.3, -0.25) is 4.79 Å². The van der Waals surface area contributed by atoms with Crippen molar-refractivity contribution in [2.24, 2.45) is 5.92 Å². The third-order valence-electron chi connectivity index (χ3n) is 6.27. The fraction of sp³-hybridized carbons (Fsp3) is 0.960. The zero-order valence-corrected chi connectivity index (χ0v) is 19.4. The van der Waals surface area contributed by atoms with Crippen LogP contribution in [-0.2, 0) is 14.3 Å². The van der Waals surface area contributed by atoms with Crippen LogP contribution in [0.25, 0.3) is 0 Å². The van der Waals surface area contributed by atoms with Crippen LogP contribution in [0.2, 0.25) is 0 Å². The molecule has 1 heterocycles. The predicted molar refractivity (Wildman–Crippen MR) is 120 cm³/mol. The second kappa shape index (κ2) is 17.1. The summed E-state index contributed by atoms with van der Waals surface area (Å²) in [6.07, 6.45) is 22.6. The molecule has 0 radical (unpaired) electrons. The molecule has 0 aromatic rings. The lowest BCUT2D eigenvalue weighted by Gasteiger charge is -2.25. The van der Waals surface area contributed by atoms with Gasteiger partial charge < -0.3 is 14.6 Å². The molecule has 1 unspecified atom stereocenters. The van der Waals surface area contributed by atoms with E-state index < -0.39 is 11.8 Å². The number of carboxylic acids is 1. The normalized spacial score (nSPS) is 16.9. The average Bonchev–Trinajstić information content (AvgIpc) is 3.13. The van der Waals surface area contributed by atoms with Crippen molar-refractivity contribution in [1.29, 1.82) is 0 Å². The highest BCUT2D eigenvalue weighted by atomic mass is 16.7. The summed E-state index contributed by atoms with van der Waals surface area (Å²) >= 11 is 0. The van der Waals surface area contributed by atoms with Gasteiger partial charge in [-0.05, 0) is 13.3 Å². The van der Waals surface area contributed by atoms with Crippen LogP contribution in [0.3, 0.4) is 0 Å². The van der Waals surface area contributed by atoms with Crippen LogP contribution in [-0.4, -0.2) is 30.1 Å². The van der Waals surface area contributed by atoms with E-state index in [0.717, 1.165) is 19.3 Å². The highest BCUT2D eigenvalue weighted by molar-refractivity contribution is 5.70. The fourth-order valence-electron chi connectivity index (χ4n) is 4.37. The Hall–Kier alpha value is -0.610. The molecule has 4 heteroatoms. The maximum Gasteiger partial charge on any atom is 0.306 e. The van der Waals surface area contributed by atoms with Gasteiger partial charge in [0.2, 0.25) is 0 Å². The van der Waals surface area contributed by atoms with Gasteiger partial charge in [0.05, 0.1) is 19.1 Å². The Labute approximate surface area is 180 Å². The minimum Gasteiger partial charge on any atom is -0.481 e. The first kappa shape index (κ1) is 26.4. The first-order valence-corrected chi connectivity index (χ1v) is 12.6. The highest BCUT2D eigenvalue weighted by Gasteiger charge is 2.36. The lowest BCUT2D eigenvalue weighted by Crippen LogP contribution is -2.31. The van der Waals surface area contributed by atoms with Crippen molar-refractivity contribution >= 4 is 5.97 Å². The number of hydrogen-bond acceptors (Lipinski definition) is 3. The van der Waals surface area contributed by atoms with E-state index in [2.05, 4.69) is 6.92 Å². The molecule has 1 rings (SSSR count). The molecule has 0 bridgehead atoms. The van der Waals surface area contributed by atoms with Crippen molar-refractivity contribution in [2.45, 2.75) is 135 Å². The maximum absolute atomic E-state index is 11.5. The topological polar surface area (TPSA) is 55.8 Å². The van der Waals surface area contributed by atoms with Gasteiger partial charge in [0.25, 0.3) is 0 Å². The average molecular weight is 413 g/mol. The Bertz CT molecular complexity index is 390. The van der Waals surface area contributed by atoms with Crippen LogP contribution in [0.5, 0.6) is 0 Å². The zero-order chi connectivity index (χ0) is 21.2. The molecule has 0 aromatic heterocycles. The SMILES string of the molecule is CCCCCCCCCCCCCCCCCCC(CC1(C)OCCO1)C(=O)O. The molecule has 1 fully saturated rings. The first-order valence-electron chi connectivity index (χ1n) is 12.6. The van der Waals surface area contributed by atoms with Crippen LogP contribution in [0.4, 0.5) is 0 Å². The van der Waals surface area contributed by atoms with E-state index in [9.17, 15) is 9.90 Å². The summed E-state index contributed by atoms with van der Waals surface area (Å²) < 4.78 is 11.1. The molecule has 1 aliphatic heterocycles. The molecule has 172 valence electrons. The predicted octanol–water partition coefficient (Wildman–Crippen LogP) is 7.49. The van der Waals surface area contributed by atoms with E-state index in [4.69, 9.17) is 9.47 Å². The van der Waals surface area contributed by atoms with E-state index >= 15 is 0 Å². The third kappa shape index (κ3) is 14.1. The molecular weight excluding hydrogens is 364 g/mol. The number of carboxylic acid groups (broad SMARTS) is 1. The molecule has 1 saturated heterocycles. The highest BCUT2D eigenvalue weighted by Crippen LogP contribution is 2.29. The molecule has 29 heavy (non-hydrogen) atoms. The Morgan fingerprint density at radius 2 is 1.14 bits per heavy atom. The summed E-state index contributed by atoms with van der Waals surface area (Å²) in [5.74, 6) is -1.77. The molecule has 4 nitrogen and oxygen atoms in total. The van der Waals surface area contributed by atoms with Gasteiger partial charge >= 0.3 is 5.97 Å². The minimum atomic E-state index is -0.716. The monoisotopic (exact) mass is 412 g/mol. The molecule has 1 atom stereocenters. The third-order valence-corrected chi connectivity index (χ3v) is 6.27. The van der Waals surface area contributed by atoms with E-state index in [1.165, 1.54) is 89.9 Å². The molecule has 0 spiro atoms. The molecule has 0 amide bonds. The van der Waals surface area contributed by atoms with E-state index in [1.807, 2.05) is 6.92 Å². The van der Waals surface area contributed by atoms with Crippen molar-refractivity contribution in [3.63, 3.8) is 0 Å². The molecule has 0 aromatic carbocycles. The number of hydrogen-bond donors (Lipinski definition) is 1.